The molecule has 0 saturated carbocycles. The molecule has 0 radical (unpaired) electrons. The molecule has 26 heavy (non-hydrogen) atoms. The van der Waals surface area contributed by atoms with Crippen molar-refractivity contribution >= 4 is 16.9 Å². The standard InChI is InChI=1S/C19H19N5O2/c1-5-10-22-17(25)15-16(21(4)19(22)26)20-18-23(15)11-13(3)24(18)14-9-7-6-8-12(14)2/h5-9,11H,1,10H2,2-4H3. The summed E-state index contributed by atoms with van der Waals surface area (Å²) in [7, 11) is 1.63. The molecule has 0 saturated heterocycles. The monoisotopic (exact) mass is 349 g/mol. The van der Waals surface area contributed by atoms with Crippen LogP contribution in [0, 0.1) is 13.8 Å². The molecule has 3 aromatic heterocycles. The van der Waals surface area contributed by atoms with Gasteiger partial charge in [-0.2, -0.15) is 4.98 Å². The van der Waals surface area contributed by atoms with Gasteiger partial charge < -0.3 is 0 Å². The highest BCUT2D eigenvalue weighted by Gasteiger charge is 2.20. The maximum absolute atomic E-state index is 12.9. The van der Waals surface area contributed by atoms with Crippen LogP contribution in [0.2, 0.25) is 0 Å². The van der Waals surface area contributed by atoms with Crippen molar-refractivity contribution in [2.45, 2.75) is 20.4 Å². The second kappa shape index (κ2) is 5.59. The second-order valence-electron chi connectivity index (χ2n) is 6.39. The number of rotatable bonds is 3. The van der Waals surface area contributed by atoms with Gasteiger partial charge in [-0.05, 0) is 25.5 Å². The van der Waals surface area contributed by atoms with Crippen molar-refractivity contribution in [3.8, 4) is 5.69 Å². The van der Waals surface area contributed by atoms with Crippen molar-refractivity contribution in [1.29, 1.82) is 0 Å². The Hall–Kier alpha value is -3.35. The fourth-order valence-electron chi connectivity index (χ4n) is 3.41. The first kappa shape index (κ1) is 16.1. The Morgan fingerprint density at radius 1 is 1.19 bits per heavy atom. The Labute approximate surface area is 149 Å². The number of allylic oxidation sites excluding steroid dienone is 1. The van der Waals surface area contributed by atoms with E-state index in [9.17, 15) is 9.59 Å². The van der Waals surface area contributed by atoms with E-state index in [1.165, 1.54) is 15.2 Å². The Balaban J connectivity index is 2.19. The molecule has 0 N–H and O–H groups in total. The molecule has 0 amide bonds. The van der Waals surface area contributed by atoms with Gasteiger partial charge in [0.25, 0.3) is 5.56 Å². The van der Waals surface area contributed by atoms with E-state index in [-0.39, 0.29) is 12.1 Å². The number of aromatic nitrogens is 5. The molecule has 0 unspecified atom stereocenters. The van der Waals surface area contributed by atoms with E-state index < -0.39 is 5.69 Å². The molecule has 0 aliphatic rings. The van der Waals surface area contributed by atoms with Gasteiger partial charge in [-0.25, -0.2) is 4.79 Å². The Morgan fingerprint density at radius 2 is 1.92 bits per heavy atom. The summed E-state index contributed by atoms with van der Waals surface area (Å²) < 4.78 is 6.34. The molecule has 7 nitrogen and oxygen atoms in total. The molecule has 4 rings (SSSR count). The minimum absolute atomic E-state index is 0.159. The minimum Gasteiger partial charge on any atom is -0.283 e. The first-order chi connectivity index (χ1) is 12.5. The average molecular weight is 349 g/mol. The number of hydrogen-bond acceptors (Lipinski definition) is 3. The highest BCUT2D eigenvalue weighted by Crippen LogP contribution is 2.22. The fourth-order valence-corrected chi connectivity index (χ4v) is 3.41. The summed E-state index contributed by atoms with van der Waals surface area (Å²) in [4.78, 5) is 30.0. The summed E-state index contributed by atoms with van der Waals surface area (Å²) >= 11 is 0. The van der Waals surface area contributed by atoms with Crippen molar-refractivity contribution in [3.05, 3.63) is 75.2 Å². The van der Waals surface area contributed by atoms with E-state index in [0.29, 0.717) is 16.9 Å². The van der Waals surface area contributed by atoms with Gasteiger partial charge in [-0.1, -0.05) is 24.3 Å². The number of aryl methyl sites for hydroxylation is 3. The van der Waals surface area contributed by atoms with Crippen LogP contribution in [0.1, 0.15) is 11.3 Å². The number of benzene rings is 1. The molecule has 132 valence electrons. The van der Waals surface area contributed by atoms with Crippen LogP contribution in [0.15, 0.2) is 52.7 Å². The van der Waals surface area contributed by atoms with E-state index >= 15 is 0 Å². The molecule has 0 bridgehead atoms. The van der Waals surface area contributed by atoms with Gasteiger partial charge in [-0.3, -0.25) is 22.9 Å². The molecular formula is C19H19N5O2. The Morgan fingerprint density at radius 3 is 2.62 bits per heavy atom. The summed E-state index contributed by atoms with van der Waals surface area (Å²) in [6.07, 6.45) is 3.41. The van der Waals surface area contributed by atoms with Crippen LogP contribution in [-0.2, 0) is 13.6 Å². The van der Waals surface area contributed by atoms with Crippen LogP contribution in [0.25, 0.3) is 22.6 Å². The summed E-state index contributed by atoms with van der Waals surface area (Å²) in [6.45, 7) is 7.79. The molecule has 0 atom stereocenters. The highest BCUT2D eigenvalue weighted by atomic mass is 16.2. The number of nitrogens with zero attached hydrogens (tertiary/aromatic N) is 5. The van der Waals surface area contributed by atoms with E-state index in [1.54, 1.807) is 11.4 Å². The lowest BCUT2D eigenvalue weighted by atomic mass is 10.2. The topological polar surface area (TPSA) is 66.2 Å². The van der Waals surface area contributed by atoms with E-state index in [1.807, 2.05) is 48.9 Å². The predicted molar refractivity (Wildman–Crippen MR) is 101 cm³/mol. The van der Waals surface area contributed by atoms with Gasteiger partial charge >= 0.3 is 5.69 Å². The van der Waals surface area contributed by atoms with Crippen molar-refractivity contribution in [3.63, 3.8) is 0 Å². The Kier molecular flexibility index (Phi) is 3.47. The summed E-state index contributed by atoms with van der Waals surface area (Å²) in [5.74, 6) is 0.607. The van der Waals surface area contributed by atoms with Gasteiger partial charge in [0, 0.05) is 25.5 Å². The zero-order valence-electron chi connectivity index (χ0n) is 14.9. The van der Waals surface area contributed by atoms with Gasteiger partial charge in [0.05, 0.1) is 5.69 Å². The van der Waals surface area contributed by atoms with Gasteiger partial charge in [-0.15, -0.1) is 6.58 Å². The van der Waals surface area contributed by atoms with Crippen LogP contribution in [0.5, 0.6) is 0 Å². The molecule has 4 aromatic rings. The molecular weight excluding hydrogens is 330 g/mol. The van der Waals surface area contributed by atoms with E-state index in [0.717, 1.165) is 16.9 Å². The lowest BCUT2D eigenvalue weighted by molar-refractivity contribution is 0.667. The molecule has 0 aliphatic heterocycles. The number of imidazole rings is 2. The van der Waals surface area contributed by atoms with Crippen LogP contribution < -0.4 is 11.2 Å². The summed E-state index contributed by atoms with van der Waals surface area (Å²) in [6, 6.07) is 7.99. The molecule has 0 fully saturated rings. The third-order valence-electron chi connectivity index (χ3n) is 4.69. The lowest BCUT2D eigenvalue weighted by Gasteiger charge is -2.08. The average Bonchev–Trinajstić information content (AvgIpc) is 3.12. The van der Waals surface area contributed by atoms with Gasteiger partial charge in [0.1, 0.15) is 0 Å². The predicted octanol–water partition coefficient (Wildman–Crippen LogP) is 1.94. The van der Waals surface area contributed by atoms with Crippen LogP contribution in [-0.4, -0.2) is 23.1 Å². The summed E-state index contributed by atoms with van der Waals surface area (Å²) in [5, 5.41) is 0. The molecule has 0 aliphatic carbocycles. The highest BCUT2D eigenvalue weighted by molar-refractivity contribution is 5.76. The zero-order chi connectivity index (χ0) is 18.6. The third kappa shape index (κ3) is 2.03. The van der Waals surface area contributed by atoms with Crippen LogP contribution >= 0.6 is 0 Å². The van der Waals surface area contributed by atoms with Crippen molar-refractivity contribution < 1.29 is 0 Å². The Bertz CT molecular complexity index is 1300. The van der Waals surface area contributed by atoms with E-state index in [4.69, 9.17) is 0 Å². The zero-order valence-corrected chi connectivity index (χ0v) is 14.9. The lowest BCUT2D eigenvalue weighted by Crippen LogP contribution is -2.39. The second-order valence-corrected chi connectivity index (χ2v) is 6.39. The normalized spacial score (nSPS) is 11.5. The maximum Gasteiger partial charge on any atom is 0.332 e. The van der Waals surface area contributed by atoms with Crippen LogP contribution in [0.4, 0.5) is 0 Å². The summed E-state index contributed by atoms with van der Waals surface area (Å²) in [5.41, 5.74) is 3.04. The van der Waals surface area contributed by atoms with Crippen molar-refractivity contribution in [1.82, 2.24) is 23.1 Å². The minimum atomic E-state index is -0.401. The molecule has 7 heteroatoms. The number of fused-ring (bicyclic) bond motifs is 3. The maximum atomic E-state index is 12.9. The van der Waals surface area contributed by atoms with Crippen molar-refractivity contribution in [2.75, 3.05) is 0 Å². The van der Waals surface area contributed by atoms with Crippen LogP contribution in [0.3, 0.4) is 0 Å². The first-order valence-electron chi connectivity index (χ1n) is 8.32. The van der Waals surface area contributed by atoms with Crippen molar-refractivity contribution in [2.24, 2.45) is 7.05 Å². The molecule has 0 spiro atoms. The SMILES string of the molecule is C=CCn1c(=O)c2c(nc3n(-c4ccccc4C)c(C)cn23)n(C)c1=O. The quantitative estimate of drug-likeness (QED) is 0.531. The van der Waals surface area contributed by atoms with E-state index in [2.05, 4.69) is 11.6 Å². The fraction of sp³-hybridized carbons (Fsp3) is 0.211. The van der Waals surface area contributed by atoms with Gasteiger partial charge in [0.2, 0.25) is 5.78 Å². The third-order valence-corrected chi connectivity index (χ3v) is 4.69. The number of para-hydroxylation sites is 1. The van der Waals surface area contributed by atoms with Gasteiger partial charge in [0.15, 0.2) is 11.2 Å². The molecule has 3 heterocycles. The largest absolute Gasteiger partial charge is 0.332 e. The number of hydrogen-bond donors (Lipinski definition) is 0. The first-order valence-corrected chi connectivity index (χ1v) is 8.32. The molecule has 1 aromatic carbocycles. The smallest absolute Gasteiger partial charge is 0.283 e.